The van der Waals surface area contributed by atoms with Crippen LogP contribution in [0, 0.1) is 5.92 Å². The number of carboxylic acids is 1. The molecule has 0 radical (unpaired) electrons. The van der Waals surface area contributed by atoms with E-state index < -0.39 is 22.0 Å². The van der Waals surface area contributed by atoms with Crippen molar-refractivity contribution in [2.45, 2.75) is 50.7 Å². The maximum Gasteiger partial charge on any atom is 0.319 e. The maximum atomic E-state index is 11.9. The fourth-order valence-electron chi connectivity index (χ4n) is 2.16. The highest BCUT2D eigenvalue weighted by Gasteiger charge is 2.27. The molecule has 1 aliphatic carbocycles. The van der Waals surface area contributed by atoms with Gasteiger partial charge < -0.3 is 5.11 Å². The Balaban J connectivity index is 2.44. The van der Waals surface area contributed by atoms with Gasteiger partial charge in [0.25, 0.3) is 0 Å². The zero-order chi connectivity index (χ0) is 11.3. The molecular formula is C11H20O3S. The van der Waals surface area contributed by atoms with Crippen molar-refractivity contribution in [3.8, 4) is 0 Å². The van der Waals surface area contributed by atoms with E-state index in [9.17, 15) is 9.00 Å². The Kier molecular flexibility index (Phi) is 5.29. The minimum Gasteiger partial charge on any atom is -0.480 e. The zero-order valence-electron chi connectivity index (χ0n) is 9.28. The number of rotatable bonds is 6. The van der Waals surface area contributed by atoms with Gasteiger partial charge in [0, 0.05) is 16.6 Å². The van der Waals surface area contributed by atoms with Crippen LogP contribution in [0.5, 0.6) is 0 Å². The SMILES string of the molecule is CCCC(C(=O)O)S(=O)CC1CCCC1. The molecule has 0 amide bonds. The molecule has 0 aromatic heterocycles. The summed E-state index contributed by atoms with van der Waals surface area (Å²) in [4.78, 5) is 10.9. The average Bonchev–Trinajstić information content (AvgIpc) is 2.65. The molecule has 0 aromatic rings. The maximum absolute atomic E-state index is 11.9. The molecule has 0 bridgehead atoms. The van der Waals surface area contributed by atoms with Gasteiger partial charge in [-0.2, -0.15) is 0 Å². The first-order valence-corrected chi connectivity index (χ1v) is 7.13. The van der Waals surface area contributed by atoms with Crippen molar-refractivity contribution in [2.24, 2.45) is 5.92 Å². The van der Waals surface area contributed by atoms with Crippen LogP contribution in [0.15, 0.2) is 0 Å². The Morgan fingerprint density at radius 1 is 1.47 bits per heavy atom. The summed E-state index contributed by atoms with van der Waals surface area (Å²) < 4.78 is 11.9. The lowest BCUT2D eigenvalue weighted by Gasteiger charge is -2.14. The van der Waals surface area contributed by atoms with Gasteiger partial charge in [-0.3, -0.25) is 9.00 Å². The smallest absolute Gasteiger partial charge is 0.319 e. The van der Waals surface area contributed by atoms with Crippen LogP contribution in [-0.4, -0.2) is 26.3 Å². The summed E-state index contributed by atoms with van der Waals surface area (Å²) in [5.74, 6) is 0.203. The van der Waals surface area contributed by atoms with Crippen LogP contribution in [0.2, 0.25) is 0 Å². The normalized spacial score (nSPS) is 21.4. The third kappa shape index (κ3) is 3.93. The molecule has 88 valence electrons. The van der Waals surface area contributed by atoms with E-state index in [1.54, 1.807) is 0 Å². The fraction of sp³-hybridized carbons (Fsp3) is 0.909. The molecule has 0 aliphatic heterocycles. The Morgan fingerprint density at radius 2 is 2.07 bits per heavy atom. The van der Waals surface area contributed by atoms with Crippen LogP contribution in [0.1, 0.15) is 45.4 Å². The first kappa shape index (κ1) is 12.7. The molecule has 1 fully saturated rings. The Morgan fingerprint density at radius 3 is 2.53 bits per heavy atom. The van der Waals surface area contributed by atoms with E-state index in [0.29, 0.717) is 18.1 Å². The van der Waals surface area contributed by atoms with E-state index in [4.69, 9.17) is 5.11 Å². The predicted molar refractivity (Wildman–Crippen MR) is 61.3 cm³/mol. The van der Waals surface area contributed by atoms with Crippen LogP contribution < -0.4 is 0 Å². The third-order valence-corrected chi connectivity index (χ3v) is 4.89. The van der Waals surface area contributed by atoms with E-state index in [0.717, 1.165) is 19.3 Å². The monoisotopic (exact) mass is 232 g/mol. The van der Waals surface area contributed by atoms with Crippen molar-refractivity contribution < 1.29 is 14.1 Å². The number of carboxylic acid groups (broad SMARTS) is 1. The molecule has 3 nitrogen and oxygen atoms in total. The summed E-state index contributed by atoms with van der Waals surface area (Å²) in [6.07, 6.45) is 6.01. The summed E-state index contributed by atoms with van der Waals surface area (Å²) in [6.45, 7) is 1.93. The van der Waals surface area contributed by atoms with Crippen molar-refractivity contribution >= 4 is 16.8 Å². The number of hydrogen-bond donors (Lipinski definition) is 1. The zero-order valence-corrected chi connectivity index (χ0v) is 10.1. The van der Waals surface area contributed by atoms with Gasteiger partial charge >= 0.3 is 5.97 Å². The van der Waals surface area contributed by atoms with Gasteiger partial charge in [-0.25, -0.2) is 0 Å². The summed E-state index contributed by atoms with van der Waals surface area (Å²) in [6, 6.07) is 0. The molecule has 4 heteroatoms. The fourth-order valence-corrected chi connectivity index (χ4v) is 3.91. The second-order valence-corrected chi connectivity index (χ2v) is 5.98. The first-order chi connectivity index (χ1) is 7.15. The van der Waals surface area contributed by atoms with Gasteiger partial charge in [-0.1, -0.05) is 26.2 Å². The minimum absolute atomic E-state index is 0.504. The standard InChI is InChI=1S/C11H20O3S/c1-2-5-10(11(12)13)15(14)8-9-6-3-4-7-9/h9-10H,2-8H2,1H3,(H,12,13). The number of carbonyl (C=O) groups is 1. The van der Waals surface area contributed by atoms with Crippen molar-refractivity contribution in [2.75, 3.05) is 5.75 Å². The molecule has 0 saturated heterocycles. The largest absolute Gasteiger partial charge is 0.480 e. The molecule has 1 rings (SSSR count). The third-order valence-electron chi connectivity index (χ3n) is 3.02. The lowest BCUT2D eigenvalue weighted by molar-refractivity contribution is -0.136. The highest BCUT2D eigenvalue weighted by Crippen LogP contribution is 2.26. The van der Waals surface area contributed by atoms with E-state index in [1.165, 1.54) is 12.8 Å². The first-order valence-electron chi connectivity index (χ1n) is 5.75. The van der Waals surface area contributed by atoms with Crippen LogP contribution in [-0.2, 0) is 15.6 Å². The second-order valence-electron chi connectivity index (χ2n) is 4.31. The molecule has 1 aliphatic rings. The van der Waals surface area contributed by atoms with Gasteiger partial charge in [-0.05, 0) is 25.2 Å². The van der Waals surface area contributed by atoms with Crippen LogP contribution in [0.3, 0.4) is 0 Å². The van der Waals surface area contributed by atoms with Crippen LogP contribution >= 0.6 is 0 Å². The van der Waals surface area contributed by atoms with Gasteiger partial charge in [0.15, 0.2) is 0 Å². The van der Waals surface area contributed by atoms with Crippen LogP contribution in [0.25, 0.3) is 0 Å². The molecule has 2 atom stereocenters. The quantitative estimate of drug-likeness (QED) is 0.763. The number of hydrogen-bond acceptors (Lipinski definition) is 2. The lowest BCUT2D eigenvalue weighted by Crippen LogP contribution is -2.29. The molecule has 15 heavy (non-hydrogen) atoms. The molecule has 0 spiro atoms. The molecule has 2 unspecified atom stereocenters. The Bertz CT molecular complexity index is 234. The molecule has 0 heterocycles. The number of aliphatic carboxylic acids is 1. The van der Waals surface area contributed by atoms with Gasteiger partial charge in [0.2, 0.25) is 0 Å². The summed E-state index contributed by atoms with van der Waals surface area (Å²) in [5.41, 5.74) is 0. The van der Waals surface area contributed by atoms with Crippen molar-refractivity contribution in [1.82, 2.24) is 0 Å². The molecule has 1 N–H and O–H groups in total. The van der Waals surface area contributed by atoms with Crippen molar-refractivity contribution in [3.05, 3.63) is 0 Å². The van der Waals surface area contributed by atoms with Gasteiger partial charge in [0.1, 0.15) is 5.25 Å². The van der Waals surface area contributed by atoms with E-state index in [1.807, 2.05) is 6.92 Å². The predicted octanol–water partition coefficient (Wildman–Crippen LogP) is 2.18. The van der Waals surface area contributed by atoms with Gasteiger partial charge in [0.05, 0.1) is 0 Å². The molecular weight excluding hydrogens is 212 g/mol. The lowest BCUT2D eigenvalue weighted by atomic mass is 10.1. The Labute approximate surface area is 93.7 Å². The summed E-state index contributed by atoms with van der Waals surface area (Å²) >= 11 is 0. The highest BCUT2D eigenvalue weighted by atomic mass is 32.2. The highest BCUT2D eigenvalue weighted by molar-refractivity contribution is 7.86. The van der Waals surface area contributed by atoms with E-state index >= 15 is 0 Å². The Hall–Kier alpha value is -0.380. The van der Waals surface area contributed by atoms with Crippen LogP contribution in [0.4, 0.5) is 0 Å². The topological polar surface area (TPSA) is 54.4 Å². The second kappa shape index (κ2) is 6.26. The minimum atomic E-state index is -1.18. The van der Waals surface area contributed by atoms with Crippen molar-refractivity contribution in [1.29, 1.82) is 0 Å². The molecule has 0 aromatic carbocycles. The summed E-state index contributed by atoms with van der Waals surface area (Å²) in [5, 5.41) is 8.31. The molecule has 1 saturated carbocycles. The van der Waals surface area contributed by atoms with Gasteiger partial charge in [-0.15, -0.1) is 0 Å². The summed E-state index contributed by atoms with van der Waals surface area (Å²) in [7, 11) is -1.18. The van der Waals surface area contributed by atoms with E-state index in [-0.39, 0.29) is 0 Å². The van der Waals surface area contributed by atoms with Crippen molar-refractivity contribution in [3.63, 3.8) is 0 Å². The average molecular weight is 232 g/mol. The van der Waals surface area contributed by atoms with E-state index in [2.05, 4.69) is 0 Å².